The van der Waals surface area contributed by atoms with E-state index < -0.39 is 0 Å². The summed E-state index contributed by atoms with van der Waals surface area (Å²) in [4.78, 5) is 4.55. The molecule has 0 aliphatic heterocycles. The van der Waals surface area contributed by atoms with Crippen LogP contribution in [0.15, 0.2) is 76.2 Å². The maximum atomic E-state index is 4.55. The van der Waals surface area contributed by atoms with E-state index in [4.69, 9.17) is 0 Å². The summed E-state index contributed by atoms with van der Waals surface area (Å²) in [5, 5.41) is 2.55. The van der Waals surface area contributed by atoms with Gasteiger partial charge in [0.1, 0.15) is 0 Å². The van der Waals surface area contributed by atoms with Crippen molar-refractivity contribution in [1.82, 2.24) is 0 Å². The quantitative estimate of drug-likeness (QED) is 0.586. The fourth-order valence-electron chi connectivity index (χ4n) is 2.23. The molecule has 0 unspecified atom stereocenters. The minimum absolute atomic E-state index is 0.706. The second-order valence-corrected chi connectivity index (χ2v) is 5.58. The van der Waals surface area contributed by atoms with Gasteiger partial charge in [-0.25, -0.2) is 0 Å². The molecule has 98 valence electrons. The Kier molecular flexibility index (Phi) is 3.93. The molecule has 2 heteroatoms. The van der Waals surface area contributed by atoms with Crippen LogP contribution in [0, 0.1) is 0 Å². The number of hydrogen-bond donors (Lipinski definition) is 0. The largest absolute Gasteiger partial charge is 0.288 e. The number of rotatable bonds is 3. The van der Waals surface area contributed by atoms with Gasteiger partial charge in [0.25, 0.3) is 0 Å². The molecule has 1 nitrogen and oxygen atoms in total. The SMILES string of the molecule is Brc1ccc(C=NCc2cccc3ccccc23)cc1. The maximum absolute atomic E-state index is 4.55. The van der Waals surface area contributed by atoms with Crippen LogP contribution in [-0.4, -0.2) is 6.21 Å². The molecule has 3 aromatic rings. The van der Waals surface area contributed by atoms with Gasteiger partial charge in [0.05, 0.1) is 6.54 Å². The molecule has 0 aliphatic carbocycles. The highest BCUT2D eigenvalue weighted by atomic mass is 79.9. The molecule has 3 aromatic carbocycles. The highest BCUT2D eigenvalue weighted by Gasteiger charge is 1.98. The van der Waals surface area contributed by atoms with E-state index in [0.29, 0.717) is 6.54 Å². The molecular weight excluding hydrogens is 310 g/mol. The molecule has 3 rings (SSSR count). The number of nitrogens with zero attached hydrogens (tertiary/aromatic N) is 1. The van der Waals surface area contributed by atoms with E-state index in [1.807, 2.05) is 18.3 Å². The van der Waals surface area contributed by atoms with Crippen molar-refractivity contribution in [3.8, 4) is 0 Å². The second kappa shape index (κ2) is 6.02. The molecule has 0 atom stereocenters. The smallest absolute Gasteiger partial charge is 0.0645 e. The molecule has 0 saturated carbocycles. The first-order valence-electron chi connectivity index (χ1n) is 6.55. The first kappa shape index (κ1) is 13.1. The van der Waals surface area contributed by atoms with Gasteiger partial charge in [0, 0.05) is 10.7 Å². The van der Waals surface area contributed by atoms with Crippen molar-refractivity contribution in [3.05, 3.63) is 82.3 Å². The zero-order valence-electron chi connectivity index (χ0n) is 11.0. The number of halogens is 1. The van der Waals surface area contributed by atoms with Gasteiger partial charge in [-0.15, -0.1) is 0 Å². The molecular formula is C18H14BrN. The average molecular weight is 324 g/mol. The van der Waals surface area contributed by atoms with E-state index in [1.54, 1.807) is 0 Å². The van der Waals surface area contributed by atoms with Crippen molar-refractivity contribution in [1.29, 1.82) is 0 Å². The topological polar surface area (TPSA) is 12.4 Å². The number of hydrogen-bond acceptors (Lipinski definition) is 1. The Morgan fingerprint density at radius 2 is 1.60 bits per heavy atom. The molecule has 0 N–H and O–H groups in total. The third kappa shape index (κ3) is 2.97. The standard InChI is InChI=1S/C18H14BrN/c19-17-10-8-14(9-11-17)12-20-13-16-6-3-5-15-4-1-2-7-18(15)16/h1-12H,13H2. The number of benzene rings is 3. The lowest BCUT2D eigenvalue weighted by Gasteiger charge is -2.03. The third-order valence-corrected chi connectivity index (χ3v) is 3.78. The summed E-state index contributed by atoms with van der Waals surface area (Å²) in [5.41, 5.74) is 2.38. The fourth-order valence-corrected chi connectivity index (χ4v) is 2.49. The maximum Gasteiger partial charge on any atom is 0.0645 e. The van der Waals surface area contributed by atoms with Gasteiger partial charge < -0.3 is 0 Å². The van der Waals surface area contributed by atoms with Crippen molar-refractivity contribution in [2.45, 2.75) is 6.54 Å². The Labute approximate surface area is 127 Å². The van der Waals surface area contributed by atoms with Gasteiger partial charge >= 0.3 is 0 Å². The van der Waals surface area contributed by atoms with Crippen LogP contribution in [0.4, 0.5) is 0 Å². The van der Waals surface area contributed by atoms with Crippen LogP contribution in [0.25, 0.3) is 10.8 Å². The number of fused-ring (bicyclic) bond motifs is 1. The van der Waals surface area contributed by atoms with E-state index in [0.717, 1.165) is 10.0 Å². The predicted octanol–water partition coefficient (Wildman–Crippen LogP) is 5.22. The molecule has 0 aromatic heterocycles. The number of aliphatic imine (C=N–C) groups is 1. The molecule has 0 spiro atoms. The fraction of sp³-hybridized carbons (Fsp3) is 0.0556. The zero-order chi connectivity index (χ0) is 13.8. The molecule has 0 amide bonds. The van der Waals surface area contributed by atoms with Crippen LogP contribution in [0.2, 0.25) is 0 Å². The van der Waals surface area contributed by atoms with Gasteiger partial charge in [0.15, 0.2) is 0 Å². The second-order valence-electron chi connectivity index (χ2n) is 4.66. The van der Waals surface area contributed by atoms with Crippen molar-refractivity contribution < 1.29 is 0 Å². The summed E-state index contributed by atoms with van der Waals surface area (Å²) < 4.78 is 1.09. The van der Waals surface area contributed by atoms with Crippen molar-refractivity contribution in [2.24, 2.45) is 4.99 Å². The monoisotopic (exact) mass is 323 g/mol. The van der Waals surface area contributed by atoms with Crippen LogP contribution in [0.3, 0.4) is 0 Å². The van der Waals surface area contributed by atoms with E-state index >= 15 is 0 Å². The zero-order valence-corrected chi connectivity index (χ0v) is 12.5. The summed E-state index contributed by atoms with van der Waals surface area (Å²) in [6.45, 7) is 0.706. The minimum atomic E-state index is 0.706. The Hall–Kier alpha value is -1.93. The average Bonchev–Trinajstić information content (AvgIpc) is 2.49. The summed E-state index contributed by atoms with van der Waals surface area (Å²) in [6.07, 6.45) is 1.92. The summed E-state index contributed by atoms with van der Waals surface area (Å²) >= 11 is 3.43. The van der Waals surface area contributed by atoms with Crippen molar-refractivity contribution in [3.63, 3.8) is 0 Å². The van der Waals surface area contributed by atoms with Gasteiger partial charge in [-0.1, -0.05) is 70.5 Å². The van der Waals surface area contributed by atoms with Crippen molar-refractivity contribution >= 4 is 32.9 Å². The molecule has 0 saturated heterocycles. The summed E-state index contributed by atoms with van der Waals surface area (Å²) in [7, 11) is 0. The van der Waals surface area contributed by atoms with E-state index in [-0.39, 0.29) is 0 Å². The van der Waals surface area contributed by atoms with Crippen LogP contribution < -0.4 is 0 Å². The summed E-state index contributed by atoms with van der Waals surface area (Å²) in [5.74, 6) is 0. The normalized spacial score (nSPS) is 11.2. The minimum Gasteiger partial charge on any atom is -0.288 e. The lowest BCUT2D eigenvalue weighted by Crippen LogP contribution is -1.86. The van der Waals surface area contributed by atoms with Gasteiger partial charge in [-0.05, 0) is 34.0 Å². The molecule has 20 heavy (non-hydrogen) atoms. The first-order valence-corrected chi connectivity index (χ1v) is 7.34. The van der Waals surface area contributed by atoms with Gasteiger partial charge in [-0.3, -0.25) is 4.99 Å². The molecule has 0 heterocycles. The molecule has 0 radical (unpaired) electrons. The van der Waals surface area contributed by atoms with Gasteiger partial charge in [-0.2, -0.15) is 0 Å². The Morgan fingerprint density at radius 3 is 2.45 bits per heavy atom. The van der Waals surface area contributed by atoms with Crippen LogP contribution >= 0.6 is 15.9 Å². The van der Waals surface area contributed by atoms with E-state index in [9.17, 15) is 0 Å². The van der Waals surface area contributed by atoms with Crippen molar-refractivity contribution in [2.75, 3.05) is 0 Å². The molecule has 0 fully saturated rings. The van der Waals surface area contributed by atoms with Crippen LogP contribution in [0.5, 0.6) is 0 Å². The predicted molar refractivity (Wildman–Crippen MR) is 89.4 cm³/mol. The Bertz CT molecular complexity index is 739. The highest BCUT2D eigenvalue weighted by Crippen LogP contribution is 2.19. The van der Waals surface area contributed by atoms with Crippen LogP contribution in [0.1, 0.15) is 11.1 Å². The van der Waals surface area contributed by atoms with E-state index in [2.05, 4.69) is 75.5 Å². The third-order valence-electron chi connectivity index (χ3n) is 3.25. The molecule has 0 aliphatic rings. The Balaban J connectivity index is 1.81. The van der Waals surface area contributed by atoms with E-state index in [1.165, 1.54) is 16.3 Å². The summed E-state index contributed by atoms with van der Waals surface area (Å²) in [6, 6.07) is 23.0. The molecule has 0 bridgehead atoms. The lowest BCUT2D eigenvalue weighted by molar-refractivity contribution is 1.09. The Morgan fingerprint density at radius 1 is 0.850 bits per heavy atom. The van der Waals surface area contributed by atoms with Gasteiger partial charge in [0.2, 0.25) is 0 Å². The lowest BCUT2D eigenvalue weighted by atomic mass is 10.0. The highest BCUT2D eigenvalue weighted by molar-refractivity contribution is 9.10. The first-order chi connectivity index (χ1) is 9.83. The van der Waals surface area contributed by atoms with Crippen LogP contribution in [-0.2, 0) is 6.54 Å².